The number of aromatic nitrogens is 2. The summed E-state index contributed by atoms with van der Waals surface area (Å²) in [7, 11) is 0. The van der Waals surface area contributed by atoms with Crippen LogP contribution < -0.4 is 15.8 Å². The monoisotopic (exact) mass is 488 g/mol. The van der Waals surface area contributed by atoms with Crippen LogP contribution in [0.1, 0.15) is 35.1 Å². The van der Waals surface area contributed by atoms with E-state index >= 15 is 0 Å². The van der Waals surface area contributed by atoms with Gasteiger partial charge in [-0.1, -0.05) is 18.7 Å². The van der Waals surface area contributed by atoms with Crippen molar-refractivity contribution in [1.82, 2.24) is 14.9 Å². The molecule has 0 spiro atoms. The molecule has 1 saturated heterocycles. The van der Waals surface area contributed by atoms with Gasteiger partial charge in [0.1, 0.15) is 36.1 Å². The van der Waals surface area contributed by atoms with E-state index in [0.29, 0.717) is 35.8 Å². The topological polar surface area (TPSA) is 117 Å². The summed E-state index contributed by atoms with van der Waals surface area (Å²) < 4.78 is 19.3. The van der Waals surface area contributed by atoms with Gasteiger partial charge in [0.2, 0.25) is 5.91 Å². The van der Waals surface area contributed by atoms with E-state index in [1.54, 1.807) is 29.2 Å². The normalized spacial score (nSPS) is 15.3. The third-order valence-electron chi connectivity index (χ3n) is 6.12. The summed E-state index contributed by atoms with van der Waals surface area (Å²) in [6.45, 7) is 6.88. The van der Waals surface area contributed by atoms with Crippen LogP contribution in [0.25, 0.3) is 0 Å². The van der Waals surface area contributed by atoms with Gasteiger partial charge in [0, 0.05) is 24.7 Å². The van der Waals surface area contributed by atoms with Crippen LogP contribution in [0, 0.1) is 18.2 Å². The first-order valence-corrected chi connectivity index (χ1v) is 11.7. The van der Waals surface area contributed by atoms with Crippen LogP contribution in [-0.2, 0) is 11.4 Å². The summed E-state index contributed by atoms with van der Waals surface area (Å²) in [5, 5.41) is 12.2. The molecule has 2 aromatic carbocycles. The molecule has 186 valence electrons. The number of ether oxygens (including phenoxy) is 1. The number of halogens is 1. The van der Waals surface area contributed by atoms with E-state index < -0.39 is 0 Å². The summed E-state index contributed by atoms with van der Waals surface area (Å²) >= 11 is 0. The standard InChI is InChI=1S/C27H29FN6O2/c1-3-23(35)34-11-5-8-21(14-34)33-27-24(26(30)31-16-32-27)25(29)19-9-10-22(17(2)12-19)36-15-18-6-4-7-20(28)13-18/h3-4,6-7,9-10,12-13,16,21,29H,1,5,8,11,14-15H2,2H3,(H3,30,31,32,33). The molecular weight excluding hydrogens is 459 g/mol. The molecule has 4 N–H and O–H groups in total. The van der Waals surface area contributed by atoms with Crippen molar-refractivity contribution in [2.45, 2.75) is 32.4 Å². The predicted molar refractivity (Wildman–Crippen MR) is 138 cm³/mol. The number of nitrogens with one attached hydrogen (secondary N) is 2. The van der Waals surface area contributed by atoms with Crippen molar-refractivity contribution < 1.29 is 13.9 Å². The number of amides is 1. The maximum atomic E-state index is 13.4. The molecule has 36 heavy (non-hydrogen) atoms. The molecule has 0 aliphatic carbocycles. The van der Waals surface area contributed by atoms with E-state index in [0.717, 1.165) is 24.0 Å². The average molecular weight is 489 g/mol. The van der Waals surface area contributed by atoms with Gasteiger partial charge in [-0.2, -0.15) is 0 Å². The lowest BCUT2D eigenvalue weighted by atomic mass is 10.00. The zero-order valence-electron chi connectivity index (χ0n) is 20.1. The first kappa shape index (κ1) is 24.8. The zero-order valence-corrected chi connectivity index (χ0v) is 20.1. The number of carbonyl (C=O) groups is 1. The molecular formula is C27H29FN6O2. The fourth-order valence-corrected chi connectivity index (χ4v) is 4.27. The third-order valence-corrected chi connectivity index (χ3v) is 6.12. The number of nitrogens with two attached hydrogens (primary N) is 1. The molecule has 1 atom stereocenters. The average Bonchev–Trinajstić information content (AvgIpc) is 2.87. The third kappa shape index (κ3) is 5.68. The van der Waals surface area contributed by atoms with Crippen molar-refractivity contribution in [2.24, 2.45) is 0 Å². The van der Waals surface area contributed by atoms with Crippen molar-refractivity contribution in [3.63, 3.8) is 0 Å². The molecule has 1 aromatic heterocycles. The smallest absolute Gasteiger partial charge is 0.246 e. The maximum absolute atomic E-state index is 13.4. The highest BCUT2D eigenvalue weighted by molar-refractivity contribution is 6.16. The first-order chi connectivity index (χ1) is 17.4. The highest BCUT2D eigenvalue weighted by Gasteiger charge is 2.25. The number of benzene rings is 2. The minimum absolute atomic E-state index is 0.0381. The maximum Gasteiger partial charge on any atom is 0.246 e. The molecule has 3 aromatic rings. The summed E-state index contributed by atoms with van der Waals surface area (Å²) in [5.41, 5.74) is 8.94. The number of carbonyl (C=O) groups excluding carboxylic acids is 1. The van der Waals surface area contributed by atoms with Crippen molar-refractivity contribution >= 4 is 23.3 Å². The Balaban J connectivity index is 1.51. The van der Waals surface area contributed by atoms with Gasteiger partial charge in [-0.05, 0) is 67.3 Å². The van der Waals surface area contributed by atoms with Crippen LogP contribution in [0.2, 0.25) is 0 Å². The molecule has 0 radical (unpaired) electrons. The lowest BCUT2D eigenvalue weighted by molar-refractivity contribution is -0.127. The summed E-state index contributed by atoms with van der Waals surface area (Å²) in [4.78, 5) is 22.3. The molecule has 1 unspecified atom stereocenters. The lowest BCUT2D eigenvalue weighted by Gasteiger charge is -2.33. The Kier molecular flexibility index (Phi) is 7.58. The number of nitrogens with zero attached hydrogens (tertiary/aromatic N) is 3. The Morgan fingerprint density at radius 3 is 2.92 bits per heavy atom. The molecule has 1 aliphatic rings. The second kappa shape index (κ2) is 11.0. The molecule has 0 bridgehead atoms. The van der Waals surface area contributed by atoms with Gasteiger partial charge in [0.25, 0.3) is 0 Å². The van der Waals surface area contributed by atoms with Crippen LogP contribution in [0.4, 0.5) is 16.0 Å². The summed E-state index contributed by atoms with van der Waals surface area (Å²) in [5.74, 6) is 0.871. The van der Waals surface area contributed by atoms with Crippen molar-refractivity contribution in [3.8, 4) is 5.75 Å². The SMILES string of the molecule is C=CC(=O)N1CCCC(Nc2ncnc(N)c2C(=N)c2ccc(OCc3cccc(F)c3)c(C)c2)C1. The molecule has 4 rings (SSSR count). The summed E-state index contributed by atoms with van der Waals surface area (Å²) in [6, 6.07) is 11.6. The first-order valence-electron chi connectivity index (χ1n) is 11.7. The van der Waals surface area contributed by atoms with Crippen LogP contribution in [0.5, 0.6) is 5.75 Å². The minimum atomic E-state index is -0.308. The van der Waals surface area contributed by atoms with Crippen LogP contribution in [0.3, 0.4) is 0 Å². The second-order valence-corrected chi connectivity index (χ2v) is 8.73. The molecule has 1 amide bonds. The number of anilines is 2. The van der Waals surface area contributed by atoms with Crippen molar-refractivity contribution in [2.75, 3.05) is 24.1 Å². The number of nitrogen functional groups attached to an aromatic ring is 1. The Bertz CT molecular complexity index is 1300. The van der Waals surface area contributed by atoms with Gasteiger partial charge in [-0.3, -0.25) is 10.2 Å². The lowest BCUT2D eigenvalue weighted by Crippen LogP contribution is -2.44. The Morgan fingerprint density at radius 2 is 2.17 bits per heavy atom. The molecule has 9 heteroatoms. The van der Waals surface area contributed by atoms with Gasteiger partial charge < -0.3 is 20.7 Å². The van der Waals surface area contributed by atoms with E-state index in [2.05, 4.69) is 21.9 Å². The van der Waals surface area contributed by atoms with Crippen LogP contribution >= 0.6 is 0 Å². The van der Waals surface area contributed by atoms with Gasteiger partial charge in [-0.15, -0.1) is 0 Å². The zero-order chi connectivity index (χ0) is 25.7. The predicted octanol–water partition coefficient (Wildman–Crippen LogP) is 4.09. The van der Waals surface area contributed by atoms with Crippen LogP contribution in [-0.4, -0.2) is 45.6 Å². The molecule has 8 nitrogen and oxygen atoms in total. The molecule has 0 saturated carbocycles. The van der Waals surface area contributed by atoms with E-state index in [-0.39, 0.29) is 35.9 Å². The van der Waals surface area contributed by atoms with Crippen LogP contribution in [0.15, 0.2) is 61.4 Å². The molecule has 1 aliphatic heterocycles. The van der Waals surface area contributed by atoms with Gasteiger partial charge in [-0.25, -0.2) is 14.4 Å². The van der Waals surface area contributed by atoms with Gasteiger partial charge in [0.15, 0.2) is 0 Å². The van der Waals surface area contributed by atoms with E-state index in [1.165, 1.54) is 24.5 Å². The quantitative estimate of drug-likeness (QED) is 0.325. The highest BCUT2D eigenvalue weighted by atomic mass is 19.1. The Hall–Kier alpha value is -4.27. The molecule has 2 heterocycles. The number of aryl methyl sites for hydroxylation is 1. The fourth-order valence-electron chi connectivity index (χ4n) is 4.27. The number of piperidine rings is 1. The van der Waals surface area contributed by atoms with Crippen molar-refractivity contribution in [1.29, 1.82) is 5.41 Å². The van der Waals surface area contributed by atoms with Gasteiger partial charge in [0.05, 0.1) is 11.3 Å². The Labute approximate surface area is 209 Å². The number of hydrogen-bond donors (Lipinski definition) is 3. The Morgan fingerprint density at radius 1 is 1.33 bits per heavy atom. The summed E-state index contributed by atoms with van der Waals surface area (Å²) in [6.07, 6.45) is 4.38. The number of likely N-dealkylation sites (tertiary alicyclic amines) is 1. The second-order valence-electron chi connectivity index (χ2n) is 8.73. The highest BCUT2D eigenvalue weighted by Crippen LogP contribution is 2.27. The van der Waals surface area contributed by atoms with E-state index in [1.807, 2.05) is 13.0 Å². The molecule has 1 fully saturated rings. The largest absolute Gasteiger partial charge is 0.489 e. The van der Waals surface area contributed by atoms with E-state index in [9.17, 15) is 9.18 Å². The van der Waals surface area contributed by atoms with Gasteiger partial charge >= 0.3 is 0 Å². The minimum Gasteiger partial charge on any atom is -0.489 e. The number of rotatable bonds is 8. The van der Waals surface area contributed by atoms with E-state index in [4.69, 9.17) is 15.9 Å². The van der Waals surface area contributed by atoms with Crippen molar-refractivity contribution in [3.05, 3.63) is 89.5 Å². The fraction of sp³-hybridized carbons (Fsp3) is 0.259. The number of hydrogen-bond acceptors (Lipinski definition) is 7.